The molecule has 1 aromatic heterocycles. The molecule has 0 aliphatic carbocycles. The van der Waals surface area contributed by atoms with Crippen molar-refractivity contribution in [1.29, 1.82) is 0 Å². The zero-order valence-corrected chi connectivity index (χ0v) is 7.24. The lowest BCUT2D eigenvalue weighted by Gasteiger charge is -2.22. The summed E-state index contributed by atoms with van der Waals surface area (Å²) in [7, 11) is 0. The highest BCUT2D eigenvalue weighted by molar-refractivity contribution is 5.02. The maximum absolute atomic E-state index is 5.53. The van der Waals surface area contributed by atoms with E-state index in [1.54, 1.807) is 0 Å². The van der Waals surface area contributed by atoms with E-state index >= 15 is 0 Å². The van der Waals surface area contributed by atoms with Gasteiger partial charge in [0.1, 0.15) is 0 Å². The molecule has 0 aromatic carbocycles. The number of hydrogen-bond donors (Lipinski definition) is 1. The van der Waals surface area contributed by atoms with Crippen molar-refractivity contribution in [2.45, 2.75) is 25.8 Å². The topological polar surface area (TPSA) is 43.8 Å². The minimum Gasteiger partial charge on any atom is -0.335 e. The molecule has 1 unspecified atom stereocenters. The van der Waals surface area contributed by atoms with Gasteiger partial charge in [-0.1, -0.05) is 0 Å². The van der Waals surface area contributed by atoms with Crippen LogP contribution in [0.5, 0.6) is 0 Å². The molecule has 0 fully saturated rings. The number of nitrogens with zero attached hydrogens (tertiary/aromatic N) is 2. The molecule has 0 spiro atoms. The molecular weight excluding hydrogens is 150 g/mol. The number of rotatable bonds is 2. The molecule has 1 aliphatic heterocycles. The molecule has 1 aromatic rings. The fraction of sp³-hybridized carbons (Fsp3) is 0.667. The van der Waals surface area contributed by atoms with Gasteiger partial charge in [0.05, 0.1) is 6.33 Å². The number of fused-ring (bicyclic) bond motifs is 1. The minimum absolute atomic E-state index is 0.791. The Balaban J connectivity index is 2.05. The summed E-state index contributed by atoms with van der Waals surface area (Å²) in [6.07, 6.45) is 7.49. The van der Waals surface area contributed by atoms with Crippen LogP contribution in [0, 0.1) is 5.92 Å². The second kappa shape index (κ2) is 3.27. The van der Waals surface area contributed by atoms with Crippen molar-refractivity contribution < 1.29 is 0 Å². The first-order valence-corrected chi connectivity index (χ1v) is 4.59. The first kappa shape index (κ1) is 7.80. The molecule has 2 rings (SSSR count). The highest BCUT2D eigenvalue weighted by Gasteiger charge is 2.17. The van der Waals surface area contributed by atoms with Gasteiger partial charge in [-0.25, -0.2) is 4.98 Å². The van der Waals surface area contributed by atoms with Crippen molar-refractivity contribution in [2.24, 2.45) is 11.7 Å². The average Bonchev–Trinajstić information content (AvgIpc) is 2.51. The number of aryl methyl sites for hydroxylation is 1. The van der Waals surface area contributed by atoms with Gasteiger partial charge in [-0.15, -0.1) is 0 Å². The van der Waals surface area contributed by atoms with Gasteiger partial charge >= 0.3 is 0 Å². The Hall–Kier alpha value is -0.830. The average molecular weight is 165 g/mol. The zero-order valence-electron chi connectivity index (χ0n) is 7.24. The van der Waals surface area contributed by atoms with E-state index in [9.17, 15) is 0 Å². The van der Waals surface area contributed by atoms with Crippen molar-refractivity contribution in [3.8, 4) is 0 Å². The van der Waals surface area contributed by atoms with Crippen molar-refractivity contribution in [3.05, 3.63) is 18.2 Å². The van der Waals surface area contributed by atoms with Crippen LogP contribution in [-0.4, -0.2) is 16.1 Å². The summed E-state index contributed by atoms with van der Waals surface area (Å²) >= 11 is 0. The summed E-state index contributed by atoms with van der Waals surface area (Å²) in [4.78, 5) is 4.13. The molecule has 3 heteroatoms. The molecule has 2 N–H and O–H groups in total. The molecule has 2 heterocycles. The van der Waals surface area contributed by atoms with Crippen LogP contribution in [0.15, 0.2) is 12.5 Å². The normalized spacial score (nSPS) is 22.2. The predicted octanol–water partition coefficient (Wildman–Crippen LogP) is 0.794. The van der Waals surface area contributed by atoms with Crippen molar-refractivity contribution in [1.82, 2.24) is 9.55 Å². The van der Waals surface area contributed by atoms with Gasteiger partial charge in [0.25, 0.3) is 0 Å². The first-order valence-electron chi connectivity index (χ1n) is 4.59. The fourth-order valence-electron chi connectivity index (χ4n) is 1.92. The summed E-state index contributed by atoms with van der Waals surface area (Å²) in [5.74, 6) is 0.791. The lowest BCUT2D eigenvalue weighted by Crippen LogP contribution is -2.20. The smallest absolute Gasteiger partial charge is 0.0948 e. The molecule has 3 nitrogen and oxygen atoms in total. The highest BCUT2D eigenvalue weighted by Crippen LogP contribution is 2.21. The SMILES string of the molecule is NCCC1CCn2cncc2C1. The minimum atomic E-state index is 0.791. The van der Waals surface area contributed by atoms with Crippen LogP contribution in [0.25, 0.3) is 0 Å². The predicted molar refractivity (Wildman–Crippen MR) is 47.7 cm³/mol. The number of nitrogens with two attached hydrogens (primary N) is 1. The molecular formula is C9H15N3. The van der Waals surface area contributed by atoms with Crippen LogP contribution >= 0.6 is 0 Å². The molecule has 0 bridgehead atoms. The lowest BCUT2D eigenvalue weighted by atomic mass is 9.93. The Morgan fingerprint density at radius 3 is 3.42 bits per heavy atom. The van der Waals surface area contributed by atoms with Crippen LogP contribution < -0.4 is 5.73 Å². The quantitative estimate of drug-likeness (QED) is 0.704. The lowest BCUT2D eigenvalue weighted by molar-refractivity contribution is 0.371. The van der Waals surface area contributed by atoms with Gasteiger partial charge in [0, 0.05) is 18.4 Å². The largest absolute Gasteiger partial charge is 0.335 e. The van der Waals surface area contributed by atoms with E-state index in [1.807, 2.05) is 12.5 Å². The Morgan fingerprint density at radius 1 is 1.67 bits per heavy atom. The second-order valence-corrected chi connectivity index (χ2v) is 3.51. The monoisotopic (exact) mass is 165 g/mol. The third-order valence-electron chi connectivity index (χ3n) is 2.65. The highest BCUT2D eigenvalue weighted by atomic mass is 15.0. The van der Waals surface area contributed by atoms with Gasteiger partial charge in [-0.05, 0) is 31.7 Å². The summed E-state index contributed by atoms with van der Waals surface area (Å²) in [6, 6.07) is 0. The van der Waals surface area contributed by atoms with Crippen molar-refractivity contribution in [2.75, 3.05) is 6.54 Å². The number of imidazole rings is 1. The molecule has 0 radical (unpaired) electrons. The summed E-state index contributed by atoms with van der Waals surface area (Å²) in [5, 5.41) is 0. The Morgan fingerprint density at radius 2 is 2.58 bits per heavy atom. The Bertz CT molecular complexity index is 254. The molecule has 0 amide bonds. The zero-order chi connectivity index (χ0) is 8.39. The Kier molecular flexibility index (Phi) is 2.13. The van der Waals surface area contributed by atoms with Crippen LogP contribution in [0.2, 0.25) is 0 Å². The van der Waals surface area contributed by atoms with Crippen molar-refractivity contribution in [3.63, 3.8) is 0 Å². The van der Waals surface area contributed by atoms with Gasteiger partial charge in [-0.3, -0.25) is 0 Å². The van der Waals surface area contributed by atoms with Crippen molar-refractivity contribution >= 4 is 0 Å². The summed E-state index contributed by atoms with van der Waals surface area (Å²) in [5.41, 5.74) is 6.91. The van der Waals surface area contributed by atoms with E-state index in [1.165, 1.54) is 12.1 Å². The Labute approximate surface area is 72.6 Å². The molecule has 0 saturated heterocycles. The molecule has 1 aliphatic rings. The third kappa shape index (κ3) is 1.37. The standard InChI is InChI=1S/C9H15N3/c10-3-1-8-2-4-12-7-11-6-9(12)5-8/h6-8H,1-5,10H2. The second-order valence-electron chi connectivity index (χ2n) is 3.51. The molecule has 0 saturated carbocycles. The molecule has 66 valence electrons. The summed E-state index contributed by atoms with van der Waals surface area (Å²) < 4.78 is 2.24. The van der Waals surface area contributed by atoms with E-state index in [0.717, 1.165) is 31.8 Å². The fourth-order valence-corrected chi connectivity index (χ4v) is 1.92. The number of aromatic nitrogens is 2. The van der Waals surface area contributed by atoms with E-state index in [0.29, 0.717) is 0 Å². The van der Waals surface area contributed by atoms with Crippen LogP contribution in [-0.2, 0) is 13.0 Å². The maximum Gasteiger partial charge on any atom is 0.0948 e. The molecule has 12 heavy (non-hydrogen) atoms. The van der Waals surface area contributed by atoms with E-state index < -0.39 is 0 Å². The van der Waals surface area contributed by atoms with Gasteiger partial charge in [-0.2, -0.15) is 0 Å². The van der Waals surface area contributed by atoms with Gasteiger partial charge < -0.3 is 10.3 Å². The van der Waals surface area contributed by atoms with Gasteiger partial charge in [0.15, 0.2) is 0 Å². The van der Waals surface area contributed by atoms with Gasteiger partial charge in [0.2, 0.25) is 0 Å². The molecule has 1 atom stereocenters. The van der Waals surface area contributed by atoms with E-state index in [2.05, 4.69) is 9.55 Å². The van der Waals surface area contributed by atoms with Crippen LogP contribution in [0.1, 0.15) is 18.5 Å². The van der Waals surface area contributed by atoms with E-state index in [-0.39, 0.29) is 0 Å². The summed E-state index contributed by atoms with van der Waals surface area (Å²) in [6.45, 7) is 1.94. The number of hydrogen-bond acceptors (Lipinski definition) is 2. The van der Waals surface area contributed by atoms with Crippen LogP contribution in [0.4, 0.5) is 0 Å². The maximum atomic E-state index is 5.53. The van der Waals surface area contributed by atoms with Crippen LogP contribution in [0.3, 0.4) is 0 Å². The van der Waals surface area contributed by atoms with E-state index in [4.69, 9.17) is 5.73 Å². The first-order chi connectivity index (χ1) is 5.90. The third-order valence-corrected chi connectivity index (χ3v) is 2.65.